The first-order valence-corrected chi connectivity index (χ1v) is 6.58. The Bertz CT molecular complexity index is 299. The molecule has 0 saturated heterocycles. The molecule has 0 aliphatic heterocycles. The molecule has 1 atom stereocenters. The van der Waals surface area contributed by atoms with Gasteiger partial charge in [-0.15, -0.1) is 11.3 Å². The van der Waals surface area contributed by atoms with Gasteiger partial charge in [0.2, 0.25) is 0 Å². The van der Waals surface area contributed by atoms with Gasteiger partial charge in [-0.1, -0.05) is 13.8 Å². The molecule has 1 heterocycles. The summed E-state index contributed by atoms with van der Waals surface area (Å²) in [6.45, 7) is 8.38. The Morgan fingerprint density at radius 2 is 2.06 bits per heavy atom. The van der Waals surface area contributed by atoms with E-state index >= 15 is 0 Å². The molecule has 4 heteroatoms. The van der Waals surface area contributed by atoms with Crippen molar-refractivity contribution in [2.45, 2.75) is 39.4 Å². The lowest BCUT2D eigenvalue weighted by molar-refractivity contribution is 0.407. The zero-order chi connectivity index (χ0) is 12.0. The van der Waals surface area contributed by atoms with E-state index in [1.54, 1.807) is 18.4 Å². The highest BCUT2D eigenvalue weighted by molar-refractivity contribution is 7.10. The van der Waals surface area contributed by atoms with Crippen molar-refractivity contribution in [1.29, 1.82) is 0 Å². The Kier molecular flexibility index (Phi) is 5.80. The summed E-state index contributed by atoms with van der Waals surface area (Å²) in [5.74, 6) is 0.988. The number of hydrogen-bond acceptors (Lipinski definition) is 4. The molecule has 2 N–H and O–H groups in total. The van der Waals surface area contributed by atoms with Crippen molar-refractivity contribution in [3.63, 3.8) is 0 Å². The Morgan fingerprint density at radius 1 is 1.31 bits per heavy atom. The maximum absolute atomic E-state index is 5.27. The maximum atomic E-state index is 5.27. The molecule has 92 valence electrons. The third kappa shape index (κ3) is 4.51. The topological polar surface area (TPSA) is 33.3 Å². The van der Waals surface area contributed by atoms with Crippen LogP contribution < -0.4 is 15.4 Å². The lowest BCUT2D eigenvalue weighted by Gasteiger charge is -2.16. The molecule has 0 fully saturated rings. The summed E-state index contributed by atoms with van der Waals surface area (Å²) in [7, 11) is 1.72. The summed E-state index contributed by atoms with van der Waals surface area (Å²) in [5, 5.41) is 8.96. The third-order valence-corrected chi connectivity index (χ3v) is 3.27. The van der Waals surface area contributed by atoms with E-state index in [2.05, 4.69) is 36.8 Å². The number of methoxy groups -OCH3 is 1. The monoisotopic (exact) mass is 242 g/mol. The van der Waals surface area contributed by atoms with Crippen LogP contribution in [0.1, 0.15) is 25.6 Å². The van der Waals surface area contributed by atoms with Crippen molar-refractivity contribution in [1.82, 2.24) is 10.6 Å². The second kappa shape index (κ2) is 6.89. The molecule has 0 saturated carbocycles. The van der Waals surface area contributed by atoms with Crippen LogP contribution in [0.25, 0.3) is 0 Å². The summed E-state index contributed by atoms with van der Waals surface area (Å²) < 4.78 is 5.27. The Morgan fingerprint density at radius 3 is 2.69 bits per heavy atom. The van der Waals surface area contributed by atoms with Gasteiger partial charge in [0.05, 0.1) is 12.0 Å². The van der Waals surface area contributed by atoms with Gasteiger partial charge in [0.15, 0.2) is 0 Å². The van der Waals surface area contributed by atoms with Gasteiger partial charge < -0.3 is 15.4 Å². The molecule has 0 aromatic carbocycles. The molecule has 16 heavy (non-hydrogen) atoms. The maximum Gasteiger partial charge on any atom is 0.134 e. The van der Waals surface area contributed by atoms with Crippen LogP contribution in [0.3, 0.4) is 0 Å². The van der Waals surface area contributed by atoms with Gasteiger partial charge in [0, 0.05) is 25.2 Å². The Hall–Kier alpha value is -0.580. The minimum Gasteiger partial charge on any atom is -0.496 e. The predicted molar refractivity (Wildman–Crippen MR) is 70.3 cm³/mol. The van der Waals surface area contributed by atoms with Crippen LogP contribution in [0.2, 0.25) is 0 Å². The normalized spacial score (nSPS) is 13.1. The van der Waals surface area contributed by atoms with Crippen LogP contribution in [-0.2, 0) is 6.54 Å². The molecule has 0 aliphatic carbocycles. The van der Waals surface area contributed by atoms with E-state index in [9.17, 15) is 0 Å². The molecular formula is C12H22N2OS. The summed E-state index contributed by atoms with van der Waals surface area (Å²) in [6.07, 6.45) is 0. The average molecular weight is 242 g/mol. The molecule has 1 aromatic heterocycles. The third-order valence-electron chi connectivity index (χ3n) is 2.37. The highest BCUT2D eigenvalue weighted by atomic mass is 32.1. The molecule has 0 radical (unpaired) electrons. The van der Waals surface area contributed by atoms with E-state index in [-0.39, 0.29) is 0 Å². The first-order chi connectivity index (χ1) is 7.63. The fraction of sp³-hybridized carbons (Fsp3) is 0.667. The number of nitrogens with one attached hydrogen (secondary N) is 2. The van der Waals surface area contributed by atoms with E-state index in [1.165, 1.54) is 4.88 Å². The smallest absolute Gasteiger partial charge is 0.134 e. The van der Waals surface area contributed by atoms with Gasteiger partial charge in [-0.2, -0.15) is 0 Å². The van der Waals surface area contributed by atoms with Gasteiger partial charge in [-0.3, -0.25) is 0 Å². The lowest BCUT2D eigenvalue weighted by Crippen LogP contribution is -2.38. The minimum absolute atomic E-state index is 0.467. The first kappa shape index (κ1) is 13.5. The minimum atomic E-state index is 0.467. The van der Waals surface area contributed by atoms with Crippen molar-refractivity contribution in [2.75, 3.05) is 13.7 Å². The van der Waals surface area contributed by atoms with Crippen LogP contribution in [0.5, 0.6) is 5.75 Å². The van der Waals surface area contributed by atoms with Crippen LogP contribution in [0.4, 0.5) is 0 Å². The van der Waals surface area contributed by atoms with Crippen molar-refractivity contribution in [3.05, 3.63) is 16.3 Å². The summed E-state index contributed by atoms with van der Waals surface area (Å²) in [4.78, 5) is 1.26. The fourth-order valence-electron chi connectivity index (χ4n) is 1.39. The van der Waals surface area contributed by atoms with Gasteiger partial charge in [0.25, 0.3) is 0 Å². The van der Waals surface area contributed by atoms with Crippen molar-refractivity contribution in [3.8, 4) is 5.75 Å². The van der Waals surface area contributed by atoms with E-state index in [1.807, 2.05) is 6.07 Å². The number of ether oxygens (including phenoxy) is 1. The lowest BCUT2D eigenvalue weighted by atomic mass is 10.3. The van der Waals surface area contributed by atoms with Gasteiger partial charge in [-0.25, -0.2) is 0 Å². The molecule has 0 aliphatic rings. The van der Waals surface area contributed by atoms with Gasteiger partial charge in [0.1, 0.15) is 5.75 Å². The SMILES string of the molecule is COc1ccsc1CNC(C)CNC(C)C. The number of hydrogen-bond donors (Lipinski definition) is 2. The second-order valence-corrected chi connectivity index (χ2v) is 5.26. The van der Waals surface area contributed by atoms with Crippen LogP contribution in [0.15, 0.2) is 11.4 Å². The second-order valence-electron chi connectivity index (χ2n) is 4.26. The summed E-state index contributed by atoms with van der Waals surface area (Å²) >= 11 is 1.73. The zero-order valence-corrected chi connectivity index (χ0v) is 11.4. The van der Waals surface area contributed by atoms with E-state index in [0.29, 0.717) is 12.1 Å². The molecule has 1 unspecified atom stereocenters. The van der Waals surface area contributed by atoms with E-state index < -0.39 is 0 Å². The Balaban J connectivity index is 2.28. The van der Waals surface area contributed by atoms with Crippen LogP contribution in [-0.4, -0.2) is 25.7 Å². The predicted octanol–water partition coefficient (Wildman–Crippen LogP) is 2.23. The van der Waals surface area contributed by atoms with Crippen LogP contribution >= 0.6 is 11.3 Å². The van der Waals surface area contributed by atoms with Gasteiger partial charge in [-0.05, 0) is 18.4 Å². The molecule has 0 bridgehead atoms. The first-order valence-electron chi connectivity index (χ1n) is 5.70. The summed E-state index contributed by atoms with van der Waals surface area (Å²) in [6, 6.07) is 3.02. The highest BCUT2D eigenvalue weighted by Gasteiger charge is 2.06. The quantitative estimate of drug-likeness (QED) is 0.769. The molecule has 3 nitrogen and oxygen atoms in total. The van der Waals surface area contributed by atoms with Crippen LogP contribution in [0, 0.1) is 0 Å². The van der Waals surface area contributed by atoms with Crippen molar-refractivity contribution >= 4 is 11.3 Å². The van der Waals surface area contributed by atoms with E-state index in [4.69, 9.17) is 4.74 Å². The van der Waals surface area contributed by atoms with Crippen molar-refractivity contribution < 1.29 is 4.74 Å². The summed E-state index contributed by atoms with van der Waals surface area (Å²) in [5.41, 5.74) is 0. The fourth-order valence-corrected chi connectivity index (χ4v) is 2.18. The number of rotatable bonds is 7. The largest absolute Gasteiger partial charge is 0.496 e. The standard InChI is InChI=1S/C12H22N2OS/c1-9(2)13-7-10(3)14-8-12-11(15-4)5-6-16-12/h5-6,9-10,13-14H,7-8H2,1-4H3. The van der Waals surface area contributed by atoms with Crippen molar-refractivity contribution in [2.24, 2.45) is 0 Å². The Labute approximate surface area is 102 Å². The molecule has 1 rings (SSSR count). The zero-order valence-electron chi connectivity index (χ0n) is 10.5. The highest BCUT2D eigenvalue weighted by Crippen LogP contribution is 2.23. The molecule has 0 amide bonds. The van der Waals surface area contributed by atoms with Gasteiger partial charge >= 0.3 is 0 Å². The molecular weight excluding hydrogens is 220 g/mol. The molecule has 0 spiro atoms. The average Bonchev–Trinajstić information content (AvgIpc) is 2.70. The van der Waals surface area contributed by atoms with E-state index in [0.717, 1.165) is 18.8 Å². The molecule has 1 aromatic rings. The number of thiophene rings is 1.